The van der Waals surface area contributed by atoms with Crippen LogP contribution in [0.3, 0.4) is 0 Å². The third-order valence-corrected chi connectivity index (χ3v) is 0.909. The van der Waals surface area contributed by atoms with E-state index in [-0.39, 0.29) is 0 Å². The lowest BCUT2D eigenvalue weighted by atomic mass is 10.5. The van der Waals surface area contributed by atoms with Gasteiger partial charge in [-0.1, -0.05) is 6.92 Å². The fourth-order valence-corrected chi connectivity index (χ4v) is 0.512. The van der Waals surface area contributed by atoms with Crippen LogP contribution in [0, 0.1) is 6.26 Å². The van der Waals surface area contributed by atoms with Crippen molar-refractivity contribution in [3.8, 4) is 5.75 Å². The molecule has 0 bridgehead atoms. The van der Waals surface area contributed by atoms with Crippen molar-refractivity contribution in [2.45, 2.75) is 13.3 Å². The summed E-state index contributed by atoms with van der Waals surface area (Å²) in [6.45, 7) is 2.79. The Morgan fingerprint density at radius 1 is 1.78 bits per heavy atom. The third-order valence-electron chi connectivity index (χ3n) is 0.909. The molecule has 0 aliphatic carbocycles. The van der Waals surface area contributed by atoms with Crippen LogP contribution < -0.4 is 4.74 Å². The van der Waals surface area contributed by atoms with Gasteiger partial charge in [0.1, 0.15) is 0 Å². The van der Waals surface area contributed by atoms with E-state index in [9.17, 15) is 0 Å². The molecular formula is C7H9O2. The first-order chi connectivity index (χ1) is 4.43. The molecule has 2 heteroatoms. The highest BCUT2D eigenvalue weighted by atomic mass is 16.5. The summed E-state index contributed by atoms with van der Waals surface area (Å²) in [5, 5.41) is 0. The first kappa shape index (κ1) is 6.20. The molecule has 0 aliphatic rings. The molecule has 1 rings (SSSR count). The van der Waals surface area contributed by atoms with E-state index in [0.717, 1.165) is 13.0 Å². The molecule has 0 saturated heterocycles. The molecular weight excluding hydrogens is 116 g/mol. The highest BCUT2D eigenvalue weighted by Crippen LogP contribution is 2.08. The lowest BCUT2D eigenvalue weighted by Gasteiger charge is -1.96. The zero-order chi connectivity index (χ0) is 6.53. The third kappa shape index (κ3) is 1.80. The minimum atomic E-state index is 0.692. The lowest BCUT2D eigenvalue weighted by molar-refractivity contribution is 0.312. The molecule has 0 atom stereocenters. The summed E-state index contributed by atoms with van der Waals surface area (Å²) in [5.41, 5.74) is 0. The molecule has 1 radical (unpaired) electrons. The van der Waals surface area contributed by atoms with Gasteiger partial charge < -0.3 is 9.15 Å². The average Bonchev–Trinajstić information content (AvgIpc) is 2.34. The summed E-state index contributed by atoms with van der Waals surface area (Å²) in [6, 6.07) is 1.75. The molecule has 0 aromatic carbocycles. The minimum Gasteiger partial charge on any atom is -0.489 e. The molecule has 9 heavy (non-hydrogen) atoms. The van der Waals surface area contributed by atoms with Crippen LogP contribution in [-0.4, -0.2) is 6.61 Å². The number of rotatable bonds is 3. The molecule has 1 aromatic heterocycles. The topological polar surface area (TPSA) is 22.4 Å². The van der Waals surface area contributed by atoms with Crippen LogP contribution in [0.1, 0.15) is 13.3 Å². The smallest absolute Gasteiger partial charge is 0.214 e. The Labute approximate surface area is 54.4 Å². The summed E-state index contributed by atoms with van der Waals surface area (Å²) >= 11 is 0. The molecule has 0 N–H and O–H groups in total. The van der Waals surface area contributed by atoms with Gasteiger partial charge in [-0.15, -0.1) is 0 Å². The SMILES string of the molecule is CCCOc1[c]occ1. The Morgan fingerprint density at radius 3 is 3.22 bits per heavy atom. The van der Waals surface area contributed by atoms with E-state index >= 15 is 0 Å². The Morgan fingerprint density at radius 2 is 2.67 bits per heavy atom. The fraction of sp³-hybridized carbons (Fsp3) is 0.429. The molecule has 0 aliphatic heterocycles. The van der Waals surface area contributed by atoms with Crippen molar-refractivity contribution in [1.82, 2.24) is 0 Å². The van der Waals surface area contributed by atoms with E-state index in [2.05, 4.69) is 17.6 Å². The van der Waals surface area contributed by atoms with Crippen LogP contribution in [0.25, 0.3) is 0 Å². The van der Waals surface area contributed by atoms with E-state index in [1.807, 2.05) is 0 Å². The van der Waals surface area contributed by atoms with E-state index in [1.54, 1.807) is 12.3 Å². The van der Waals surface area contributed by atoms with Crippen molar-refractivity contribution in [3.63, 3.8) is 0 Å². The maximum absolute atomic E-state index is 5.15. The second-order valence-electron chi connectivity index (χ2n) is 1.74. The normalized spacial score (nSPS) is 9.44. The predicted molar refractivity (Wildman–Crippen MR) is 33.3 cm³/mol. The van der Waals surface area contributed by atoms with Gasteiger partial charge in [0, 0.05) is 6.07 Å². The van der Waals surface area contributed by atoms with E-state index < -0.39 is 0 Å². The standard InChI is InChI=1S/C7H9O2/c1-2-4-9-7-3-5-8-6-7/h3,5H,2,4H2,1H3. The molecule has 49 valence electrons. The Balaban J connectivity index is 2.30. The highest BCUT2D eigenvalue weighted by Gasteiger charge is 1.91. The molecule has 1 aromatic rings. The Kier molecular flexibility index (Phi) is 2.19. The maximum Gasteiger partial charge on any atom is 0.214 e. The van der Waals surface area contributed by atoms with Gasteiger partial charge in [-0.05, 0) is 6.42 Å². The molecule has 0 spiro atoms. The van der Waals surface area contributed by atoms with Crippen molar-refractivity contribution in [2.24, 2.45) is 0 Å². The monoisotopic (exact) mass is 125 g/mol. The van der Waals surface area contributed by atoms with Crippen LogP contribution in [0.2, 0.25) is 0 Å². The number of hydrogen-bond acceptors (Lipinski definition) is 2. The molecule has 2 nitrogen and oxygen atoms in total. The fourth-order valence-electron chi connectivity index (χ4n) is 0.512. The van der Waals surface area contributed by atoms with Gasteiger partial charge in [0.25, 0.3) is 0 Å². The molecule has 0 amide bonds. The van der Waals surface area contributed by atoms with Crippen LogP contribution in [0.15, 0.2) is 16.7 Å². The largest absolute Gasteiger partial charge is 0.489 e. The highest BCUT2D eigenvalue weighted by molar-refractivity contribution is 5.10. The lowest BCUT2D eigenvalue weighted by Crippen LogP contribution is -1.92. The van der Waals surface area contributed by atoms with Crippen molar-refractivity contribution in [3.05, 3.63) is 18.6 Å². The second-order valence-corrected chi connectivity index (χ2v) is 1.74. The summed E-state index contributed by atoms with van der Waals surface area (Å²) in [7, 11) is 0. The first-order valence-corrected chi connectivity index (χ1v) is 3.01. The summed E-state index contributed by atoms with van der Waals surface area (Å²) in [5.74, 6) is 0.692. The van der Waals surface area contributed by atoms with Crippen molar-refractivity contribution < 1.29 is 9.15 Å². The average molecular weight is 125 g/mol. The number of ether oxygens (including phenoxy) is 1. The van der Waals surface area contributed by atoms with Crippen molar-refractivity contribution >= 4 is 0 Å². The van der Waals surface area contributed by atoms with E-state index in [1.165, 1.54) is 0 Å². The predicted octanol–water partition coefficient (Wildman–Crippen LogP) is 1.87. The van der Waals surface area contributed by atoms with E-state index in [4.69, 9.17) is 4.74 Å². The second kappa shape index (κ2) is 3.17. The zero-order valence-electron chi connectivity index (χ0n) is 5.39. The maximum atomic E-state index is 5.15. The van der Waals surface area contributed by atoms with Crippen LogP contribution in [-0.2, 0) is 0 Å². The van der Waals surface area contributed by atoms with Gasteiger partial charge in [-0.3, -0.25) is 0 Å². The Bertz CT molecular complexity index is 144. The summed E-state index contributed by atoms with van der Waals surface area (Å²) in [6.07, 6.45) is 5.13. The van der Waals surface area contributed by atoms with Crippen molar-refractivity contribution in [2.75, 3.05) is 6.61 Å². The number of furan rings is 1. The molecule has 0 saturated carbocycles. The zero-order valence-corrected chi connectivity index (χ0v) is 5.39. The van der Waals surface area contributed by atoms with Crippen molar-refractivity contribution in [1.29, 1.82) is 0 Å². The van der Waals surface area contributed by atoms with Crippen LogP contribution in [0.5, 0.6) is 5.75 Å². The van der Waals surface area contributed by atoms with Crippen LogP contribution in [0.4, 0.5) is 0 Å². The quantitative estimate of drug-likeness (QED) is 0.615. The molecule has 0 unspecified atom stereocenters. The summed E-state index contributed by atoms with van der Waals surface area (Å²) in [4.78, 5) is 0. The van der Waals surface area contributed by atoms with Gasteiger partial charge in [0.2, 0.25) is 6.26 Å². The van der Waals surface area contributed by atoms with Crippen LogP contribution >= 0.6 is 0 Å². The molecule has 1 heterocycles. The van der Waals surface area contributed by atoms with Gasteiger partial charge in [0.15, 0.2) is 5.75 Å². The Hall–Kier alpha value is -0.920. The van der Waals surface area contributed by atoms with Gasteiger partial charge in [0.05, 0.1) is 12.9 Å². The number of hydrogen-bond donors (Lipinski definition) is 0. The molecule has 0 fully saturated rings. The van der Waals surface area contributed by atoms with Gasteiger partial charge in [-0.2, -0.15) is 0 Å². The van der Waals surface area contributed by atoms with Gasteiger partial charge >= 0.3 is 0 Å². The van der Waals surface area contributed by atoms with E-state index in [0.29, 0.717) is 5.75 Å². The minimum absolute atomic E-state index is 0.692. The van der Waals surface area contributed by atoms with Gasteiger partial charge in [-0.25, -0.2) is 0 Å². The summed E-state index contributed by atoms with van der Waals surface area (Å²) < 4.78 is 9.81. The first-order valence-electron chi connectivity index (χ1n) is 3.01.